The number of piperidine rings is 1. The maximum atomic E-state index is 5.63. The summed E-state index contributed by atoms with van der Waals surface area (Å²) in [4.78, 5) is 11.6. The van der Waals surface area contributed by atoms with Crippen LogP contribution in [-0.2, 0) is 0 Å². The molecular weight excluding hydrogens is 340 g/mol. The number of pyridine rings is 2. The van der Waals surface area contributed by atoms with Gasteiger partial charge in [-0.15, -0.1) is 0 Å². The standard InChI is InChI=1S/C21H28N4O2/c1-14-12-18(13-15(2)22-14)23-17-6-8-25(9-7-17)16(3)19-4-5-20-21(24-19)27-11-10-26-20/h4-5,12-13,16-17H,6-11H2,1-3H3,(H,22,23). The van der Waals surface area contributed by atoms with Crippen molar-refractivity contribution < 1.29 is 9.47 Å². The Morgan fingerprint density at radius 1 is 1.04 bits per heavy atom. The summed E-state index contributed by atoms with van der Waals surface area (Å²) in [5, 5.41) is 3.68. The number of rotatable bonds is 4. The number of hydrogen-bond acceptors (Lipinski definition) is 6. The quantitative estimate of drug-likeness (QED) is 0.891. The van der Waals surface area contributed by atoms with Gasteiger partial charge in [-0.1, -0.05) is 0 Å². The van der Waals surface area contributed by atoms with Gasteiger partial charge in [-0.25, -0.2) is 4.98 Å². The van der Waals surface area contributed by atoms with Gasteiger partial charge in [0.1, 0.15) is 13.2 Å². The first-order valence-electron chi connectivity index (χ1n) is 9.81. The molecule has 0 radical (unpaired) electrons. The molecule has 1 N–H and O–H groups in total. The van der Waals surface area contributed by atoms with Gasteiger partial charge in [0.2, 0.25) is 0 Å². The van der Waals surface area contributed by atoms with E-state index in [1.807, 2.05) is 19.9 Å². The maximum absolute atomic E-state index is 5.63. The van der Waals surface area contributed by atoms with Crippen LogP contribution in [0, 0.1) is 13.8 Å². The zero-order valence-electron chi connectivity index (χ0n) is 16.4. The number of aromatic nitrogens is 2. The number of ether oxygens (including phenoxy) is 2. The normalized spacial score (nSPS) is 18.9. The van der Waals surface area contributed by atoms with Gasteiger partial charge in [-0.05, 0) is 57.9 Å². The lowest BCUT2D eigenvalue weighted by molar-refractivity contribution is 0.153. The number of nitrogens with zero attached hydrogens (tertiary/aromatic N) is 3. The lowest BCUT2D eigenvalue weighted by Gasteiger charge is -2.36. The minimum atomic E-state index is 0.271. The highest BCUT2D eigenvalue weighted by Crippen LogP contribution is 2.31. The molecule has 6 nitrogen and oxygen atoms in total. The Balaban J connectivity index is 1.36. The molecule has 1 unspecified atom stereocenters. The minimum Gasteiger partial charge on any atom is -0.484 e. The van der Waals surface area contributed by atoms with Crippen molar-refractivity contribution in [2.24, 2.45) is 0 Å². The molecule has 2 aromatic rings. The minimum absolute atomic E-state index is 0.271. The molecule has 0 aromatic carbocycles. The molecule has 6 heteroatoms. The summed E-state index contributed by atoms with van der Waals surface area (Å²) < 4.78 is 11.2. The van der Waals surface area contributed by atoms with Crippen LogP contribution in [0.5, 0.6) is 11.6 Å². The van der Waals surface area contributed by atoms with E-state index in [1.54, 1.807) is 0 Å². The van der Waals surface area contributed by atoms with Gasteiger partial charge >= 0.3 is 0 Å². The molecule has 2 aromatic heterocycles. The Kier molecular flexibility index (Phi) is 5.16. The second kappa shape index (κ2) is 7.72. The van der Waals surface area contributed by atoms with E-state index in [1.165, 1.54) is 5.69 Å². The monoisotopic (exact) mass is 368 g/mol. The molecule has 0 spiro atoms. The number of nitrogens with one attached hydrogen (secondary N) is 1. The molecule has 4 heterocycles. The molecule has 0 bridgehead atoms. The number of anilines is 1. The molecule has 1 fully saturated rings. The molecular formula is C21H28N4O2. The van der Waals surface area contributed by atoms with Crippen molar-refractivity contribution >= 4 is 5.69 Å². The third-order valence-corrected chi connectivity index (χ3v) is 5.38. The van der Waals surface area contributed by atoms with Crippen LogP contribution >= 0.6 is 0 Å². The largest absolute Gasteiger partial charge is 0.484 e. The first-order chi connectivity index (χ1) is 13.1. The zero-order valence-corrected chi connectivity index (χ0v) is 16.4. The van der Waals surface area contributed by atoms with Crippen LogP contribution < -0.4 is 14.8 Å². The third kappa shape index (κ3) is 4.16. The van der Waals surface area contributed by atoms with Crippen molar-refractivity contribution in [1.82, 2.24) is 14.9 Å². The predicted octanol–water partition coefficient (Wildman–Crippen LogP) is 3.50. The highest BCUT2D eigenvalue weighted by Gasteiger charge is 2.25. The van der Waals surface area contributed by atoms with Crippen LogP contribution in [0.3, 0.4) is 0 Å². The summed E-state index contributed by atoms with van der Waals surface area (Å²) in [6.45, 7) is 9.59. The summed E-state index contributed by atoms with van der Waals surface area (Å²) >= 11 is 0. The van der Waals surface area contributed by atoms with E-state index in [9.17, 15) is 0 Å². The number of likely N-dealkylation sites (tertiary alicyclic amines) is 1. The van der Waals surface area contributed by atoms with Gasteiger partial charge in [0.15, 0.2) is 5.75 Å². The van der Waals surface area contributed by atoms with Gasteiger partial charge in [0.05, 0.1) is 5.69 Å². The van der Waals surface area contributed by atoms with E-state index in [2.05, 4.69) is 45.3 Å². The number of hydrogen-bond donors (Lipinski definition) is 1. The van der Waals surface area contributed by atoms with Gasteiger partial charge in [-0.2, -0.15) is 0 Å². The van der Waals surface area contributed by atoms with Gasteiger partial charge < -0.3 is 14.8 Å². The summed E-state index contributed by atoms with van der Waals surface area (Å²) in [6.07, 6.45) is 2.24. The second-order valence-electron chi connectivity index (χ2n) is 7.51. The van der Waals surface area contributed by atoms with E-state index in [-0.39, 0.29) is 6.04 Å². The fraction of sp³-hybridized carbons (Fsp3) is 0.524. The van der Waals surface area contributed by atoms with Crippen LogP contribution in [-0.4, -0.2) is 47.2 Å². The Hall–Kier alpha value is -2.34. The van der Waals surface area contributed by atoms with Crippen LogP contribution in [0.15, 0.2) is 24.3 Å². The van der Waals surface area contributed by atoms with Gasteiger partial charge in [0.25, 0.3) is 5.88 Å². The van der Waals surface area contributed by atoms with Crippen molar-refractivity contribution in [3.8, 4) is 11.6 Å². The molecule has 2 aliphatic heterocycles. The van der Waals surface area contributed by atoms with Crippen molar-refractivity contribution in [1.29, 1.82) is 0 Å². The van der Waals surface area contributed by atoms with Crippen LogP contribution in [0.25, 0.3) is 0 Å². The van der Waals surface area contributed by atoms with Crippen molar-refractivity contribution in [3.63, 3.8) is 0 Å². The molecule has 0 saturated carbocycles. The van der Waals surface area contributed by atoms with Gasteiger partial charge in [0, 0.05) is 42.2 Å². The fourth-order valence-corrected chi connectivity index (χ4v) is 3.95. The lowest BCUT2D eigenvalue weighted by atomic mass is 10.0. The van der Waals surface area contributed by atoms with E-state index in [0.717, 1.165) is 48.8 Å². The summed E-state index contributed by atoms with van der Waals surface area (Å²) in [6, 6.07) is 9.07. The highest BCUT2D eigenvalue weighted by molar-refractivity contribution is 5.46. The molecule has 1 saturated heterocycles. The smallest absolute Gasteiger partial charge is 0.257 e. The molecule has 27 heavy (non-hydrogen) atoms. The topological polar surface area (TPSA) is 59.5 Å². The fourth-order valence-electron chi connectivity index (χ4n) is 3.95. The van der Waals surface area contributed by atoms with Crippen molar-refractivity contribution in [3.05, 3.63) is 41.3 Å². The summed E-state index contributed by atoms with van der Waals surface area (Å²) in [5.74, 6) is 1.38. The van der Waals surface area contributed by atoms with Crippen molar-refractivity contribution in [2.45, 2.75) is 45.7 Å². The predicted molar refractivity (Wildman–Crippen MR) is 106 cm³/mol. The molecule has 0 amide bonds. The van der Waals surface area contributed by atoms with E-state index in [0.29, 0.717) is 25.1 Å². The van der Waals surface area contributed by atoms with E-state index in [4.69, 9.17) is 9.47 Å². The molecule has 2 aliphatic rings. The molecule has 144 valence electrons. The average Bonchev–Trinajstić information content (AvgIpc) is 2.67. The highest BCUT2D eigenvalue weighted by atomic mass is 16.6. The Morgan fingerprint density at radius 3 is 2.48 bits per heavy atom. The van der Waals surface area contributed by atoms with E-state index < -0.39 is 0 Å². The molecule has 0 aliphatic carbocycles. The molecule has 1 atom stereocenters. The van der Waals surface area contributed by atoms with Gasteiger partial charge in [-0.3, -0.25) is 9.88 Å². The number of fused-ring (bicyclic) bond motifs is 1. The second-order valence-corrected chi connectivity index (χ2v) is 7.51. The van der Waals surface area contributed by atoms with Crippen LogP contribution in [0.1, 0.15) is 42.9 Å². The molecule has 4 rings (SSSR count). The van der Waals surface area contributed by atoms with Crippen molar-refractivity contribution in [2.75, 3.05) is 31.6 Å². The Bertz CT molecular complexity index is 783. The first-order valence-corrected chi connectivity index (χ1v) is 9.81. The lowest BCUT2D eigenvalue weighted by Crippen LogP contribution is -2.40. The first kappa shape index (κ1) is 18.0. The van der Waals surface area contributed by atoms with E-state index >= 15 is 0 Å². The zero-order chi connectivity index (χ0) is 18.8. The summed E-state index contributed by atoms with van der Waals surface area (Å²) in [5.41, 5.74) is 4.35. The van der Waals surface area contributed by atoms with Crippen LogP contribution in [0.4, 0.5) is 5.69 Å². The third-order valence-electron chi connectivity index (χ3n) is 5.38. The average molecular weight is 368 g/mol. The Labute approximate surface area is 160 Å². The summed E-state index contributed by atoms with van der Waals surface area (Å²) in [7, 11) is 0. The maximum Gasteiger partial charge on any atom is 0.257 e. The Morgan fingerprint density at radius 2 is 1.74 bits per heavy atom. The number of aryl methyl sites for hydroxylation is 2. The van der Waals surface area contributed by atoms with Crippen LogP contribution in [0.2, 0.25) is 0 Å². The SMILES string of the molecule is Cc1cc(NC2CCN(C(C)c3ccc4c(n3)OCCO4)CC2)cc(C)n1.